The van der Waals surface area contributed by atoms with Gasteiger partial charge in [-0.25, -0.2) is 9.55 Å². The lowest BCUT2D eigenvalue weighted by atomic mass is 9.79. The molecule has 0 fully saturated rings. The summed E-state index contributed by atoms with van der Waals surface area (Å²) in [5, 5.41) is 22.3. The van der Waals surface area contributed by atoms with E-state index in [1.165, 1.54) is 7.11 Å². The van der Waals surface area contributed by atoms with Crippen LogP contribution in [0, 0.1) is 0 Å². The Balaban J connectivity index is 1.58. The Morgan fingerprint density at radius 3 is 2.76 bits per heavy atom. The number of anilines is 1. The van der Waals surface area contributed by atoms with Gasteiger partial charge in [-0.15, -0.1) is 0 Å². The third kappa shape index (κ3) is 3.84. The van der Waals surface area contributed by atoms with Crippen LogP contribution in [0.4, 0.5) is 5.82 Å². The SMILES string of the molecule is COc1nc2c(C(N)=O)cccc2n1-c1nc2c(c(NCc3cccc(B(O)O)c3)n1)CCC2. The molecule has 2 aromatic carbocycles. The Bertz CT molecular complexity index is 1400. The second-order valence-electron chi connectivity index (χ2n) is 8.09. The number of nitrogens with zero attached hydrogens (tertiary/aromatic N) is 4. The zero-order valence-electron chi connectivity index (χ0n) is 18.5. The van der Waals surface area contributed by atoms with E-state index in [9.17, 15) is 14.8 Å². The minimum atomic E-state index is -1.53. The minimum absolute atomic E-state index is 0.247. The van der Waals surface area contributed by atoms with Crippen LogP contribution < -0.4 is 21.3 Å². The van der Waals surface area contributed by atoms with Crippen LogP contribution in [-0.2, 0) is 19.4 Å². The number of ether oxygens (including phenoxy) is 1. The molecule has 0 atom stereocenters. The van der Waals surface area contributed by atoms with Crippen LogP contribution in [0.5, 0.6) is 6.01 Å². The molecule has 0 radical (unpaired) electrons. The van der Waals surface area contributed by atoms with Gasteiger partial charge in [-0.1, -0.05) is 30.3 Å². The average molecular weight is 458 g/mol. The first-order valence-corrected chi connectivity index (χ1v) is 10.9. The predicted molar refractivity (Wildman–Crippen MR) is 127 cm³/mol. The van der Waals surface area contributed by atoms with Gasteiger partial charge < -0.3 is 25.8 Å². The maximum atomic E-state index is 11.9. The molecule has 4 aromatic rings. The first-order chi connectivity index (χ1) is 16.5. The highest BCUT2D eigenvalue weighted by Crippen LogP contribution is 2.31. The number of para-hydroxylation sites is 1. The molecule has 34 heavy (non-hydrogen) atoms. The number of hydrogen-bond acceptors (Lipinski definition) is 8. The maximum Gasteiger partial charge on any atom is 0.488 e. The summed E-state index contributed by atoms with van der Waals surface area (Å²) in [7, 11) is -0.0290. The number of benzene rings is 2. The lowest BCUT2D eigenvalue weighted by Gasteiger charge is -2.14. The third-order valence-corrected chi connectivity index (χ3v) is 5.93. The van der Waals surface area contributed by atoms with Gasteiger partial charge in [0.1, 0.15) is 11.3 Å². The number of imidazole rings is 1. The molecule has 5 N–H and O–H groups in total. The number of rotatable bonds is 7. The highest BCUT2D eigenvalue weighted by atomic mass is 16.5. The summed E-state index contributed by atoms with van der Waals surface area (Å²) in [6.45, 7) is 0.442. The monoisotopic (exact) mass is 458 g/mol. The van der Waals surface area contributed by atoms with E-state index in [0.717, 1.165) is 36.1 Å². The van der Waals surface area contributed by atoms with Gasteiger partial charge in [-0.3, -0.25) is 4.79 Å². The molecule has 2 heterocycles. The molecule has 172 valence electrons. The van der Waals surface area contributed by atoms with E-state index in [4.69, 9.17) is 20.4 Å². The summed E-state index contributed by atoms with van der Waals surface area (Å²) in [5.74, 6) is 0.497. The molecule has 1 aliphatic carbocycles. The van der Waals surface area contributed by atoms with Gasteiger partial charge in [0.2, 0.25) is 5.95 Å². The lowest BCUT2D eigenvalue weighted by molar-refractivity contribution is 0.100. The smallest absolute Gasteiger partial charge is 0.468 e. The van der Waals surface area contributed by atoms with Crippen molar-refractivity contribution in [3.8, 4) is 12.0 Å². The molecule has 1 amide bonds. The topological polar surface area (TPSA) is 148 Å². The molecule has 0 aliphatic heterocycles. The average Bonchev–Trinajstić information content (AvgIpc) is 3.46. The Morgan fingerprint density at radius 1 is 1.18 bits per heavy atom. The van der Waals surface area contributed by atoms with Crippen molar-refractivity contribution in [2.45, 2.75) is 25.8 Å². The second-order valence-corrected chi connectivity index (χ2v) is 8.09. The zero-order valence-corrected chi connectivity index (χ0v) is 18.5. The predicted octanol–water partition coefficient (Wildman–Crippen LogP) is 0.704. The van der Waals surface area contributed by atoms with Crippen molar-refractivity contribution in [1.82, 2.24) is 19.5 Å². The van der Waals surface area contributed by atoms with Crippen LogP contribution in [0.25, 0.3) is 17.0 Å². The number of carbonyl (C=O) groups excluding carboxylic acids is 1. The number of nitrogens with one attached hydrogen (secondary N) is 1. The molecule has 0 bridgehead atoms. The van der Waals surface area contributed by atoms with Crippen LogP contribution in [0.3, 0.4) is 0 Å². The number of aryl methyl sites for hydroxylation is 1. The van der Waals surface area contributed by atoms with E-state index in [2.05, 4.69) is 10.3 Å². The van der Waals surface area contributed by atoms with Crippen molar-refractivity contribution in [1.29, 1.82) is 0 Å². The van der Waals surface area contributed by atoms with E-state index >= 15 is 0 Å². The summed E-state index contributed by atoms with van der Waals surface area (Å²) < 4.78 is 7.17. The van der Waals surface area contributed by atoms with Crippen molar-refractivity contribution in [2.75, 3.05) is 12.4 Å². The van der Waals surface area contributed by atoms with Gasteiger partial charge in [0, 0.05) is 12.1 Å². The quantitative estimate of drug-likeness (QED) is 0.296. The Hall–Kier alpha value is -3.96. The molecular weight excluding hydrogens is 435 g/mol. The zero-order chi connectivity index (χ0) is 23.8. The van der Waals surface area contributed by atoms with Crippen molar-refractivity contribution >= 4 is 35.3 Å². The largest absolute Gasteiger partial charge is 0.488 e. The fraction of sp³-hybridized carbons (Fsp3) is 0.217. The van der Waals surface area contributed by atoms with Gasteiger partial charge in [-0.05, 0) is 42.4 Å². The van der Waals surface area contributed by atoms with E-state index in [-0.39, 0.29) is 6.01 Å². The molecule has 10 nitrogen and oxygen atoms in total. The number of primary amides is 1. The molecule has 2 aromatic heterocycles. The summed E-state index contributed by atoms with van der Waals surface area (Å²) in [6.07, 6.45) is 2.66. The molecule has 0 saturated carbocycles. The summed E-state index contributed by atoms with van der Waals surface area (Å²) in [4.78, 5) is 26.0. The molecule has 1 aliphatic rings. The van der Waals surface area contributed by atoms with Crippen molar-refractivity contribution in [3.05, 3.63) is 64.8 Å². The third-order valence-electron chi connectivity index (χ3n) is 5.93. The number of nitrogens with two attached hydrogens (primary N) is 1. The van der Waals surface area contributed by atoms with E-state index in [1.807, 2.05) is 12.1 Å². The molecule has 5 rings (SSSR count). The van der Waals surface area contributed by atoms with Crippen LogP contribution in [0.2, 0.25) is 0 Å². The van der Waals surface area contributed by atoms with Crippen LogP contribution >= 0.6 is 0 Å². The molecule has 0 saturated heterocycles. The summed E-state index contributed by atoms with van der Waals surface area (Å²) >= 11 is 0. The van der Waals surface area contributed by atoms with Crippen molar-refractivity contribution in [3.63, 3.8) is 0 Å². The molecule has 11 heteroatoms. The highest BCUT2D eigenvalue weighted by molar-refractivity contribution is 6.58. The number of fused-ring (bicyclic) bond motifs is 2. The van der Waals surface area contributed by atoms with Crippen LogP contribution in [0.15, 0.2) is 42.5 Å². The van der Waals surface area contributed by atoms with Gasteiger partial charge in [0.15, 0.2) is 0 Å². The number of hydrogen-bond donors (Lipinski definition) is 4. The summed E-state index contributed by atoms with van der Waals surface area (Å²) in [5.41, 5.74) is 10.2. The van der Waals surface area contributed by atoms with Crippen LogP contribution in [0.1, 0.15) is 33.6 Å². The van der Waals surface area contributed by atoms with Gasteiger partial charge in [0.05, 0.1) is 23.9 Å². The minimum Gasteiger partial charge on any atom is -0.468 e. The van der Waals surface area contributed by atoms with E-state index in [0.29, 0.717) is 40.4 Å². The number of carbonyl (C=O) groups is 1. The van der Waals surface area contributed by atoms with E-state index in [1.54, 1.807) is 34.9 Å². The van der Waals surface area contributed by atoms with Gasteiger partial charge >= 0.3 is 13.1 Å². The standard InChI is InChI=1S/C23H23BN6O4/c1-34-23-28-19-16(20(25)31)8-4-10-18(19)30(23)22-27-17-9-3-7-15(17)21(29-22)26-12-13-5-2-6-14(11-13)24(32)33/h2,4-6,8,10-11,32-33H,3,7,9,12H2,1H3,(H2,25,31)(H,26,27,29). The van der Waals surface area contributed by atoms with Crippen molar-refractivity contribution in [2.24, 2.45) is 5.73 Å². The molecule has 0 spiro atoms. The first kappa shape index (κ1) is 21.9. The summed E-state index contributed by atoms with van der Waals surface area (Å²) in [6, 6.07) is 12.5. The Labute approximate surface area is 195 Å². The number of aromatic nitrogens is 4. The molecular formula is C23H23BN6O4. The lowest BCUT2D eigenvalue weighted by Crippen LogP contribution is -2.30. The van der Waals surface area contributed by atoms with Crippen LogP contribution in [-0.4, -0.2) is 49.7 Å². The second kappa shape index (κ2) is 8.77. The Kier molecular flexibility index (Phi) is 5.64. The number of methoxy groups -OCH3 is 1. The highest BCUT2D eigenvalue weighted by Gasteiger charge is 2.24. The molecule has 0 unspecified atom stereocenters. The van der Waals surface area contributed by atoms with Gasteiger partial charge in [-0.2, -0.15) is 9.97 Å². The van der Waals surface area contributed by atoms with Crippen molar-refractivity contribution < 1.29 is 19.6 Å². The van der Waals surface area contributed by atoms with E-state index < -0.39 is 13.0 Å². The Morgan fingerprint density at radius 2 is 2.00 bits per heavy atom. The fourth-order valence-electron chi connectivity index (χ4n) is 4.32. The maximum absolute atomic E-state index is 11.9. The fourth-order valence-corrected chi connectivity index (χ4v) is 4.32. The first-order valence-electron chi connectivity index (χ1n) is 10.9. The van der Waals surface area contributed by atoms with Gasteiger partial charge in [0.25, 0.3) is 5.91 Å². The number of amides is 1. The normalized spacial score (nSPS) is 12.6.